The van der Waals surface area contributed by atoms with Gasteiger partial charge in [0.1, 0.15) is 0 Å². The van der Waals surface area contributed by atoms with E-state index in [-0.39, 0.29) is 5.91 Å². The van der Waals surface area contributed by atoms with Gasteiger partial charge in [0.25, 0.3) is 5.91 Å². The Morgan fingerprint density at radius 1 is 1.05 bits per heavy atom. The fourth-order valence-corrected chi connectivity index (χ4v) is 3.70. The SMILES string of the molecule is CC1CCCC(C)N1C(=O)c1ccc2cc(Br)ccc2c1. The number of benzene rings is 2. The summed E-state index contributed by atoms with van der Waals surface area (Å²) >= 11 is 3.48. The van der Waals surface area contributed by atoms with Crippen molar-refractivity contribution in [3.05, 3.63) is 46.4 Å². The zero-order valence-corrected chi connectivity index (χ0v) is 14.1. The molecule has 0 spiro atoms. The summed E-state index contributed by atoms with van der Waals surface area (Å²) in [6, 6.07) is 12.8. The number of halogens is 1. The normalized spacial score (nSPS) is 22.5. The topological polar surface area (TPSA) is 20.3 Å². The van der Waals surface area contributed by atoms with Crippen LogP contribution >= 0.6 is 15.9 Å². The second-order valence-electron chi connectivity index (χ2n) is 6.05. The van der Waals surface area contributed by atoms with Crippen LogP contribution in [-0.2, 0) is 0 Å². The minimum Gasteiger partial charge on any atom is -0.333 e. The van der Waals surface area contributed by atoms with Crippen molar-refractivity contribution in [3.63, 3.8) is 0 Å². The Hall–Kier alpha value is -1.35. The molecular formula is C18H20BrNO. The van der Waals surface area contributed by atoms with Gasteiger partial charge in [0.2, 0.25) is 0 Å². The van der Waals surface area contributed by atoms with E-state index in [4.69, 9.17) is 0 Å². The van der Waals surface area contributed by atoms with E-state index in [9.17, 15) is 4.79 Å². The standard InChI is InChI=1S/C18H20BrNO/c1-12-4-3-5-13(2)20(12)18(21)16-7-6-15-11-17(19)9-8-14(15)10-16/h6-13H,3-5H2,1-2H3. The highest BCUT2D eigenvalue weighted by Crippen LogP contribution is 2.26. The van der Waals surface area contributed by atoms with E-state index in [0.29, 0.717) is 12.1 Å². The number of amides is 1. The smallest absolute Gasteiger partial charge is 0.254 e. The van der Waals surface area contributed by atoms with Gasteiger partial charge in [-0.2, -0.15) is 0 Å². The van der Waals surface area contributed by atoms with Crippen LogP contribution < -0.4 is 0 Å². The van der Waals surface area contributed by atoms with Crippen LogP contribution in [-0.4, -0.2) is 22.9 Å². The van der Waals surface area contributed by atoms with Crippen molar-refractivity contribution in [1.29, 1.82) is 0 Å². The molecule has 2 aromatic carbocycles. The third-order valence-corrected chi connectivity index (χ3v) is 4.97. The van der Waals surface area contributed by atoms with Crippen LogP contribution in [0.5, 0.6) is 0 Å². The molecule has 0 N–H and O–H groups in total. The summed E-state index contributed by atoms with van der Waals surface area (Å²) in [5.41, 5.74) is 0.797. The minimum atomic E-state index is 0.166. The molecule has 0 saturated carbocycles. The fraction of sp³-hybridized carbons (Fsp3) is 0.389. The Bertz CT molecular complexity index is 672. The summed E-state index contributed by atoms with van der Waals surface area (Å²) in [5.74, 6) is 0.166. The van der Waals surface area contributed by atoms with Gasteiger partial charge in [0.05, 0.1) is 0 Å². The Morgan fingerprint density at radius 3 is 2.38 bits per heavy atom. The first-order valence-corrected chi connectivity index (χ1v) is 8.37. The number of piperidine rings is 1. The molecule has 0 aromatic heterocycles. The van der Waals surface area contributed by atoms with Crippen LogP contribution in [0, 0.1) is 0 Å². The molecule has 1 aliphatic heterocycles. The molecule has 0 aliphatic carbocycles. The highest BCUT2D eigenvalue weighted by Gasteiger charge is 2.29. The summed E-state index contributed by atoms with van der Waals surface area (Å²) in [4.78, 5) is 14.9. The van der Waals surface area contributed by atoms with Crippen LogP contribution in [0.2, 0.25) is 0 Å². The van der Waals surface area contributed by atoms with E-state index in [0.717, 1.165) is 33.7 Å². The summed E-state index contributed by atoms with van der Waals surface area (Å²) in [7, 11) is 0. The zero-order valence-electron chi connectivity index (χ0n) is 12.5. The van der Waals surface area contributed by atoms with Crippen molar-refractivity contribution >= 4 is 32.6 Å². The molecular weight excluding hydrogens is 326 g/mol. The third-order valence-electron chi connectivity index (χ3n) is 4.48. The molecule has 2 atom stereocenters. The first-order valence-electron chi connectivity index (χ1n) is 7.58. The number of carbonyl (C=O) groups excluding carboxylic acids is 1. The number of fused-ring (bicyclic) bond motifs is 1. The molecule has 2 unspecified atom stereocenters. The van der Waals surface area contributed by atoms with Crippen LogP contribution in [0.4, 0.5) is 0 Å². The molecule has 2 nitrogen and oxygen atoms in total. The van der Waals surface area contributed by atoms with Gasteiger partial charge in [-0.1, -0.05) is 28.1 Å². The maximum absolute atomic E-state index is 12.8. The highest BCUT2D eigenvalue weighted by atomic mass is 79.9. The summed E-state index contributed by atoms with van der Waals surface area (Å²) < 4.78 is 1.06. The molecule has 1 amide bonds. The Labute approximate surface area is 134 Å². The van der Waals surface area contributed by atoms with E-state index in [1.807, 2.05) is 24.3 Å². The maximum atomic E-state index is 12.8. The Balaban J connectivity index is 1.95. The van der Waals surface area contributed by atoms with Gasteiger partial charge in [0.15, 0.2) is 0 Å². The summed E-state index contributed by atoms with van der Waals surface area (Å²) in [6.07, 6.45) is 3.44. The zero-order chi connectivity index (χ0) is 15.0. The van der Waals surface area contributed by atoms with Gasteiger partial charge < -0.3 is 4.90 Å². The second kappa shape index (κ2) is 5.80. The molecule has 1 aliphatic rings. The van der Waals surface area contributed by atoms with Crippen molar-refractivity contribution in [2.75, 3.05) is 0 Å². The number of hydrogen-bond acceptors (Lipinski definition) is 1. The van der Waals surface area contributed by atoms with Gasteiger partial charge in [-0.3, -0.25) is 4.79 Å². The fourth-order valence-electron chi connectivity index (χ4n) is 3.32. The molecule has 0 bridgehead atoms. The van der Waals surface area contributed by atoms with Crippen LogP contribution in [0.3, 0.4) is 0 Å². The molecule has 1 saturated heterocycles. The monoisotopic (exact) mass is 345 g/mol. The average molecular weight is 346 g/mol. The van der Waals surface area contributed by atoms with Gasteiger partial charge in [0, 0.05) is 22.1 Å². The lowest BCUT2D eigenvalue weighted by molar-refractivity contribution is 0.0511. The molecule has 3 rings (SSSR count). The van der Waals surface area contributed by atoms with Crippen LogP contribution in [0.25, 0.3) is 10.8 Å². The van der Waals surface area contributed by atoms with E-state index >= 15 is 0 Å². The van der Waals surface area contributed by atoms with E-state index in [2.05, 4.69) is 46.8 Å². The molecule has 1 fully saturated rings. The van der Waals surface area contributed by atoms with Crippen molar-refractivity contribution in [2.24, 2.45) is 0 Å². The number of nitrogens with zero attached hydrogens (tertiary/aromatic N) is 1. The molecule has 1 heterocycles. The van der Waals surface area contributed by atoms with Crippen molar-refractivity contribution in [1.82, 2.24) is 4.90 Å². The summed E-state index contributed by atoms with van der Waals surface area (Å²) in [5, 5.41) is 2.27. The van der Waals surface area contributed by atoms with Crippen molar-refractivity contribution < 1.29 is 4.79 Å². The van der Waals surface area contributed by atoms with Crippen molar-refractivity contribution in [2.45, 2.75) is 45.2 Å². The van der Waals surface area contributed by atoms with Gasteiger partial charge in [-0.25, -0.2) is 0 Å². The maximum Gasteiger partial charge on any atom is 0.254 e. The first-order chi connectivity index (χ1) is 10.1. The van der Waals surface area contributed by atoms with Gasteiger partial charge >= 0.3 is 0 Å². The average Bonchev–Trinajstić information content (AvgIpc) is 2.46. The van der Waals surface area contributed by atoms with E-state index in [1.165, 1.54) is 6.42 Å². The highest BCUT2D eigenvalue weighted by molar-refractivity contribution is 9.10. The first kappa shape index (κ1) is 14.6. The van der Waals surface area contributed by atoms with Crippen LogP contribution in [0.1, 0.15) is 43.5 Å². The summed E-state index contributed by atoms with van der Waals surface area (Å²) in [6.45, 7) is 4.32. The lowest BCUT2D eigenvalue weighted by Gasteiger charge is -2.39. The molecule has 21 heavy (non-hydrogen) atoms. The Morgan fingerprint density at radius 2 is 1.67 bits per heavy atom. The lowest BCUT2D eigenvalue weighted by atomic mass is 9.96. The predicted molar refractivity (Wildman–Crippen MR) is 90.6 cm³/mol. The largest absolute Gasteiger partial charge is 0.333 e. The molecule has 2 aromatic rings. The molecule has 3 heteroatoms. The van der Waals surface area contributed by atoms with Gasteiger partial charge in [-0.05, 0) is 68.1 Å². The van der Waals surface area contributed by atoms with Crippen molar-refractivity contribution in [3.8, 4) is 0 Å². The van der Waals surface area contributed by atoms with E-state index in [1.54, 1.807) is 0 Å². The minimum absolute atomic E-state index is 0.166. The Kier molecular flexibility index (Phi) is 4.03. The van der Waals surface area contributed by atoms with E-state index < -0.39 is 0 Å². The number of likely N-dealkylation sites (tertiary alicyclic amines) is 1. The molecule has 110 valence electrons. The number of rotatable bonds is 1. The predicted octanol–water partition coefficient (Wildman–Crippen LogP) is 5.01. The molecule has 0 radical (unpaired) electrons. The van der Waals surface area contributed by atoms with Gasteiger partial charge in [-0.15, -0.1) is 0 Å². The number of carbonyl (C=O) groups is 1. The lowest BCUT2D eigenvalue weighted by Crippen LogP contribution is -2.47. The number of hydrogen-bond donors (Lipinski definition) is 0. The van der Waals surface area contributed by atoms with Crippen LogP contribution in [0.15, 0.2) is 40.9 Å². The second-order valence-corrected chi connectivity index (χ2v) is 6.96. The quantitative estimate of drug-likeness (QED) is 0.711. The third kappa shape index (κ3) is 2.84.